The van der Waals surface area contributed by atoms with Crippen molar-refractivity contribution < 1.29 is 9.34 Å². The summed E-state index contributed by atoms with van der Waals surface area (Å²) in [5, 5.41) is 13.7. The molecule has 0 saturated heterocycles. The molecule has 5 nitrogen and oxygen atoms in total. The molecule has 0 aliphatic carbocycles. The Morgan fingerprint density at radius 2 is 2.06 bits per heavy atom. The molecule has 1 heterocycles. The van der Waals surface area contributed by atoms with E-state index < -0.39 is 4.92 Å². The minimum absolute atomic E-state index is 0.0775. The number of hydrogen-bond acceptors (Lipinski definition) is 4. The van der Waals surface area contributed by atoms with Gasteiger partial charge in [-0.05, 0) is 18.2 Å². The number of nitrogens with one attached hydrogen (secondary N) is 1. The van der Waals surface area contributed by atoms with Crippen molar-refractivity contribution in [3.63, 3.8) is 0 Å². The summed E-state index contributed by atoms with van der Waals surface area (Å²) in [5.74, 6) is 1.75. The van der Waals surface area contributed by atoms with Gasteiger partial charge in [-0.2, -0.15) is 0 Å². The van der Waals surface area contributed by atoms with Gasteiger partial charge in [-0.25, -0.2) is 0 Å². The molecule has 0 bridgehead atoms. The number of rotatable bonds is 5. The first-order valence-electron chi connectivity index (χ1n) is 5.75. The van der Waals surface area contributed by atoms with Crippen LogP contribution in [0.4, 0.5) is 11.4 Å². The highest BCUT2D eigenvalue weighted by Crippen LogP contribution is 2.18. The van der Waals surface area contributed by atoms with Gasteiger partial charge in [0.1, 0.15) is 11.5 Å². The van der Waals surface area contributed by atoms with Crippen molar-refractivity contribution in [3.8, 4) is 0 Å². The second-order valence-electron chi connectivity index (χ2n) is 3.88. The van der Waals surface area contributed by atoms with Gasteiger partial charge in [-0.15, -0.1) is 0 Å². The number of nitrogens with zero attached hydrogens (tertiary/aromatic N) is 1. The molecule has 0 radical (unpaired) electrons. The number of furan rings is 1. The molecule has 1 aromatic heterocycles. The Labute approximate surface area is 105 Å². The molecule has 0 amide bonds. The standard InChI is InChI=1S/C13H14N2O3/c1-2-12-6-7-13(18-12)9-14-10-4-3-5-11(8-10)15(16)17/h3-8,14H,2,9H2,1H3. The summed E-state index contributed by atoms with van der Waals surface area (Å²) < 4.78 is 5.54. The van der Waals surface area contributed by atoms with E-state index in [0.717, 1.165) is 17.9 Å². The van der Waals surface area contributed by atoms with Crippen LogP contribution in [0.15, 0.2) is 40.8 Å². The Bertz CT molecular complexity index is 549. The maximum atomic E-state index is 10.6. The summed E-state index contributed by atoms with van der Waals surface area (Å²) in [6, 6.07) is 10.3. The lowest BCUT2D eigenvalue weighted by atomic mass is 10.3. The van der Waals surface area contributed by atoms with Crippen LogP contribution in [0.25, 0.3) is 0 Å². The van der Waals surface area contributed by atoms with E-state index in [1.807, 2.05) is 19.1 Å². The number of benzene rings is 1. The molecule has 0 atom stereocenters. The molecule has 5 heteroatoms. The van der Waals surface area contributed by atoms with Gasteiger partial charge in [-0.3, -0.25) is 10.1 Å². The van der Waals surface area contributed by atoms with Crippen molar-refractivity contribution in [1.82, 2.24) is 0 Å². The molecule has 0 fully saturated rings. The number of hydrogen-bond donors (Lipinski definition) is 1. The van der Waals surface area contributed by atoms with Gasteiger partial charge in [0.2, 0.25) is 0 Å². The van der Waals surface area contributed by atoms with Crippen molar-refractivity contribution in [2.45, 2.75) is 19.9 Å². The lowest BCUT2D eigenvalue weighted by Crippen LogP contribution is -1.98. The van der Waals surface area contributed by atoms with Gasteiger partial charge in [-0.1, -0.05) is 13.0 Å². The normalized spacial score (nSPS) is 10.3. The third-order valence-electron chi connectivity index (χ3n) is 2.59. The molecule has 18 heavy (non-hydrogen) atoms. The van der Waals surface area contributed by atoms with Gasteiger partial charge in [0, 0.05) is 24.2 Å². The number of nitro groups is 1. The molecule has 0 saturated carbocycles. The maximum absolute atomic E-state index is 10.6. The van der Waals surface area contributed by atoms with Crippen LogP contribution in [0.5, 0.6) is 0 Å². The fourth-order valence-corrected chi connectivity index (χ4v) is 1.63. The highest BCUT2D eigenvalue weighted by Gasteiger charge is 2.06. The van der Waals surface area contributed by atoms with Crippen LogP contribution in [-0.4, -0.2) is 4.92 Å². The van der Waals surface area contributed by atoms with E-state index in [9.17, 15) is 10.1 Å². The zero-order valence-electron chi connectivity index (χ0n) is 10.1. The highest BCUT2D eigenvalue weighted by atomic mass is 16.6. The van der Waals surface area contributed by atoms with Crippen LogP contribution in [0.1, 0.15) is 18.4 Å². The van der Waals surface area contributed by atoms with Gasteiger partial charge < -0.3 is 9.73 Å². The maximum Gasteiger partial charge on any atom is 0.271 e. The summed E-state index contributed by atoms with van der Waals surface area (Å²) in [6.45, 7) is 2.54. The second kappa shape index (κ2) is 5.35. The van der Waals surface area contributed by atoms with Crippen LogP contribution in [-0.2, 0) is 13.0 Å². The first-order chi connectivity index (χ1) is 8.69. The lowest BCUT2D eigenvalue weighted by Gasteiger charge is -2.03. The quantitative estimate of drug-likeness (QED) is 0.648. The predicted octanol–water partition coefficient (Wildman–Crippen LogP) is 3.36. The lowest BCUT2D eigenvalue weighted by molar-refractivity contribution is -0.384. The monoisotopic (exact) mass is 246 g/mol. The third kappa shape index (κ3) is 2.88. The second-order valence-corrected chi connectivity index (χ2v) is 3.88. The molecular weight excluding hydrogens is 232 g/mol. The number of anilines is 1. The molecule has 0 unspecified atom stereocenters. The van der Waals surface area contributed by atoms with Crippen molar-refractivity contribution >= 4 is 11.4 Å². The molecule has 2 aromatic rings. The van der Waals surface area contributed by atoms with Crippen LogP contribution in [0, 0.1) is 10.1 Å². The van der Waals surface area contributed by atoms with E-state index in [0.29, 0.717) is 12.2 Å². The molecule has 2 rings (SSSR count). The summed E-state index contributed by atoms with van der Waals surface area (Å²) in [5.41, 5.74) is 0.785. The molecule has 1 N–H and O–H groups in total. The van der Waals surface area contributed by atoms with Gasteiger partial charge in [0.05, 0.1) is 11.5 Å². The number of non-ortho nitro benzene ring substituents is 1. The summed E-state index contributed by atoms with van der Waals surface area (Å²) >= 11 is 0. The molecular formula is C13H14N2O3. The van der Waals surface area contributed by atoms with Gasteiger partial charge >= 0.3 is 0 Å². The molecule has 1 aromatic carbocycles. The third-order valence-corrected chi connectivity index (χ3v) is 2.59. The largest absolute Gasteiger partial charge is 0.464 e. The number of nitro benzene ring substituents is 1. The topological polar surface area (TPSA) is 68.3 Å². The molecule has 0 aliphatic heterocycles. The minimum atomic E-state index is -0.409. The average Bonchev–Trinajstić information content (AvgIpc) is 2.84. The van der Waals surface area contributed by atoms with E-state index in [1.165, 1.54) is 12.1 Å². The predicted molar refractivity (Wildman–Crippen MR) is 68.5 cm³/mol. The molecule has 0 spiro atoms. The van der Waals surface area contributed by atoms with Crippen LogP contribution in [0.2, 0.25) is 0 Å². The summed E-state index contributed by atoms with van der Waals surface area (Å²) in [7, 11) is 0. The fourth-order valence-electron chi connectivity index (χ4n) is 1.63. The highest BCUT2D eigenvalue weighted by molar-refractivity contribution is 5.50. The Morgan fingerprint density at radius 3 is 2.72 bits per heavy atom. The van der Waals surface area contributed by atoms with Crippen molar-refractivity contribution in [1.29, 1.82) is 0 Å². The van der Waals surface area contributed by atoms with E-state index in [4.69, 9.17) is 4.42 Å². The van der Waals surface area contributed by atoms with Crippen molar-refractivity contribution in [3.05, 3.63) is 58.0 Å². The first-order valence-corrected chi connectivity index (χ1v) is 5.75. The Kier molecular flexibility index (Phi) is 3.62. The zero-order chi connectivity index (χ0) is 13.0. The van der Waals surface area contributed by atoms with E-state index >= 15 is 0 Å². The smallest absolute Gasteiger partial charge is 0.271 e. The zero-order valence-corrected chi connectivity index (χ0v) is 10.1. The summed E-state index contributed by atoms with van der Waals surface area (Å²) in [6.07, 6.45) is 0.858. The average molecular weight is 246 g/mol. The van der Waals surface area contributed by atoms with Crippen molar-refractivity contribution in [2.24, 2.45) is 0 Å². The molecule has 94 valence electrons. The summed E-state index contributed by atoms with van der Waals surface area (Å²) in [4.78, 5) is 10.2. The Balaban J connectivity index is 2.01. The van der Waals surface area contributed by atoms with Crippen LogP contribution < -0.4 is 5.32 Å². The Morgan fingerprint density at radius 1 is 1.28 bits per heavy atom. The number of aryl methyl sites for hydroxylation is 1. The van der Waals surface area contributed by atoms with Gasteiger partial charge in [0.15, 0.2) is 0 Å². The van der Waals surface area contributed by atoms with E-state index in [2.05, 4.69) is 5.32 Å². The van der Waals surface area contributed by atoms with E-state index in [-0.39, 0.29) is 5.69 Å². The Hall–Kier alpha value is -2.30. The fraction of sp³-hybridized carbons (Fsp3) is 0.231. The van der Waals surface area contributed by atoms with Crippen LogP contribution >= 0.6 is 0 Å². The van der Waals surface area contributed by atoms with Crippen LogP contribution in [0.3, 0.4) is 0 Å². The SMILES string of the molecule is CCc1ccc(CNc2cccc([N+](=O)[O-])c2)o1. The van der Waals surface area contributed by atoms with E-state index in [1.54, 1.807) is 12.1 Å². The van der Waals surface area contributed by atoms with Crippen molar-refractivity contribution in [2.75, 3.05) is 5.32 Å². The molecule has 0 aliphatic rings. The van der Waals surface area contributed by atoms with Gasteiger partial charge in [0.25, 0.3) is 5.69 Å². The minimum Gasteiger partial charge on any atom is -0.464 e. The first kappa shape index (κ1) is 12.2.